The highest BCUT2D eigenvalue weighted by Gasteiger charge is 2.26. The van der Waals surface area contributed by atoms with Gasteiger partial charge >= 0.3 is 5.97 Å². The molecule has 1 saturated heterocycles. The van der Waals surface area contributed by atoms with Crippen LogP contribution in [-0.2, 0) is 6.54 Å². The Kier molecular flexibility index (Phi) is 3.76. The molecule has 0 aliphatic carbocycles. The van der Waals surface area contributed by atoms with Crippen LogP contribution in [0, 0.1) is 12.8 Å². The number of hydrogen-bond acceptors (Lipinski definition) is 3. The summed E-state index contributed by atoms with van der Waals surface area (Å²) in [6.07, 6.45) is 2.48. The monoisotopic (exact) mass is 251 g/mol. The Morgan fingerprint density at radius 1 is 1.56 bits per heavy atom. The van der Waals surface area contributed by atoms with Gasteiger partial charge < -0.3 is 9.52 Å². The lowest BCUT2D eigenvalue weighted by atomic mass is 9.92. The molecule has 0 radical (unpaired) electrons. The topological polar surface area (TPSA) is 53.7 Å². The van der Waals surface area contributed by atoms with Crippen LogP contribution in [0.4, 0.5) is 0 Å². The van der Waals surface area contributed by atoms with Crippen LogP contribution in [0.15, 0.2) is 10.5 Å². The number of aryl methyl sites for hydroxylation is 1. The van der Waals surface area contributed by atoms with E-state index in [9.17, 15) is 4.79 Å². The van der Waals surface area contributed by atoms with Gasteiger partial charge in [0.2, 0.25) is 5.76 Å². The zero-order valence-corrected chi connectivity index (χ0v) is 11.3. The molecule has 1 aliphatic rings. The number of carboxylic acid groups (broad SMARTS) is 1. The first-order chi connectivity index (χ1) is 8.49. The zero-order chi connectivity index (χ0) is 13.3. The van der Waals surface area contributed by atoms with Crippen molar-refractivity contribution in [3.05, 3.63) is 23.2 Å². The van der Waals surface area contributed by atoms with E-state index in [4.69, 9.17) is 9.52 Å². The van der Waals surface area contributed by atoms with Gasteiger partial charge in [-0.1, -0.05) is 6.92 Å². The number of likely N-dealkylation sites (tertiary alicyclic amines) is 1. The summed E-state index contributed by atoms with van der Waals surface area (Å²) in [6, 6.07) is 2.37. The van der Waals surface area contributed by atoms with Crippen molar-refractivity contribution in [2.75, 3.05) is 6.54 Å². The number of aromatic carboxylic acids is 1. The van der Waals surface area contributed by atoms with Crippen molar-refractivity contribution < 1.29 is 14.3 Å². The molecular weight excluding hydrogens is 230 g/mol. The summed E-state index contributed by atoms with van der Waals surface area (Å²) in [5, 5.41) is 8.97. The number of furan rings is 1. The van der Waals surface area contributed by atoms with Crippen molar-refractivity contribution in [3.8, 4) is 0 Å². The molecule has 0 spiro atoms. The van der Waals surface area contributed by atoms with Gasteiger partial charge in [0, 0.05) is 11.6 Å². The fraction of sp³-hybridized carbons (Fsp3) is 0.643. The molecule has 0 aromatic carbocycles. The van der Waals surface area contributed by atoms with Crippen LogP contribution in [0.5, 0.6) is 0 Å². The summed E-state index contributed by atoms with van der Waals surface area (Å²) in [5.74, 6) is 0.529. The molecule has 2 rings (SSSR count). The molecule has 1 aromatic heterocycles. The van der Waals surface area contributed by atoms with E-state index >= 15 is 0 Å². The second-order valence-corrected chi connectivity index (χ2v) is 5.36. The van der Waals surface area contributed by atoms with Gasteiger partial charge in [0.25, 0.3) is 0 Å². The van der Waals surface area contributed by atoms with E-state index < -0.39 is 5.97 Å². The Morgan fingerprint density at radius 2 is 2.28 bits per heavy atom. The predicted octanol–water partition coefficient (Wildman–Crippen LogP) is 2.91. The van der Waals surface area contributed by atoms with Crippen molar-refractivity contribution in [3.63, 3.8) is 0 Å². The maximum absolute atomic E-state index is 10.9. The minimum atomic E-state index is -0.987. The molecule has 4 nitrogen and oxygen atoms in total. The van der Waals surface area contributed by atoms with Crippen LogP contribution in [0.2, 0.25) is 0 Å². The largest absolute Gasteiger partial charge is 0.475 e. The molecule has 1 aromatic rings. The molecule has 1 aliphatic heterocycles. The Balaban J connectivity index is 2.09. The first kappa shape index (κ1) is 13.1. The van der Waals surface area contributed by atoms with Crippen LogP contribution in [0.25, 0.3) is 0 Å². The van der Waals surface area contributed by atoms with E-state index in [1.807, 2.05) is 6.07 Å². The summed E-state index contributed by atoms with van der Waals surface area (Å²) < 4.78 is 5.42. The molecule has 100 valence electrons. The van der Waals surface area contributed by atoms with E-state index in [0.717, 1.165) is 12.3 Å². The van der Waals surface area contributed by atoms with Gasteiger partial charge in [-0.2, -0.15) is 0 Å². The minimum absolute atomic E-state index is 0.0720. The van der Waals surface area contributed by atoms with Gasteiger partial charge in [0.15, 0.2) is 0 Å². The smallest absolute Gasteiger partial charge is 0.372 e. The molecule has 2 heterocycles. The van der Waals surface area contributed by atoms with Crippen LogP contribution in [0.1, 0.15) is 48.6 Å². The average molecular weight is 251 g/mol. The van der Waals surface area contributed by atoms with E-state index in [1.165, 1.54) is 12.8 Å². The standard InChI is InChI=1S/C14H21NO3/c1-9-5-4-6-15(11(9)3)8-12-7-10(2)13(18-12)14(16)17/h7,9,11H,4-6,8H2,1-3H3,(H,16,17). The normalized spacial score (nSPS) is 25.3. The van der Waals surface area contributed by atoms with Crippen LogP contribution >= 0.6 is 0 Å². The lowest BCUT2D eigenvalue weighted by Gasteiger charge is -2.37. The molecular formula is C14H21NO3. The van der Waals surface area contributed by atoms with Gasteiger partial charge in [-0.25, -0.2) is 4.79 Å². The van der Waals surface area contributed by atoms with Gasteiger partial charge in [-0.3, -0.25) is 4.90 Å². The van der Waals surface area contributed by atoms with Crippen molar-refractivity contribution in [1.29, 1.82) is 0 Å². The maximum atomic E-state index is 10.9. The van der Waals surface area contributed by atoms with Gasteiger partial charge in [0.1, 0.15) is 5.76 Å². The summed E-state index contributed by atoms with van der Waals surface area (Å²) >= 11 is 0. The molecule has 2 unspecified atom stereocenters. The Bertz CT molecular complexity index is 438. The first-order valence-corrected chi connectivity index (χ1v) is 6.55. The third-order valence-electron chi connectivity index (χ3n) is 4.03. The second kappa shape index (κ2) is 5.14. The van der Waals surface area contributed by atoms with Crippen molar-refractivity contribution >= 4 is 5.97 Å². The number of piperidine rings is 1. The maximum Gasteiger partial charge on any atom is 0.372 e. The molecule has 0 amide bonds. The fourth-order valence-corrected chi connectivity index (χ4v) is 2.68. The molecule has 1 N–H and O–H groups in total. The summed E-state index contributed by atoms with van der Waals surface area (Å²) in [5.41, 5.74) is 0.704. The van der Waals surface area contributed by atoms with Gasteiger partial charge in [0.05, 0.1) is 6.54 Å². The summed E-state index contributed by atoms with van der Waals surface area (Å²) in [4.78, 5) is 13.3. The average Bonchev–Trinajstić information content (AvgIpc) is 2.66. The van der Waals surface area contributed by atoms with Crippen molar-refractivity contribution in [2.24, 2.45) is 5.92 Å². The summed E-state index contributed by atoms with van der Waals surface area (Å²) in [7, 11) is 0. The minimum Gasteiger partial charge on any atom is -0.475 e. The number of hydrogen-bond donors (Lipinski definition) is 1. The second-order valence-electron chi connectivity index (χ2n) is 5.36. The Labute approximate surface area is 108 Å². The number of nitrogens with zero attached hydrogens (tertiary/aromatic N) is 1. The molecule has 2 atom stereocenters. The quantitative estimate of drug-likeness (QED) is 0.897. The molecule has 0 bridgehead atoms. The van der Waals surface area contributed by atoms with Gasteiger partial charge in [-0.15, -0.1) is 0 Å². The Hall–Kier alpha value is -1.29. The van der Waals surface area contributed by atoms with Crippen LogP contribution in [0.3, 0.4) is 0 Å². The van der Waals surface area contributed by atoms with Crippen LogP contribution < -0.4 is 0 Å². The van der Waals surface area contributed by atoms with Gasteiger partial charge in [-0.05, 0) is 45.2 Å². The predicted molar refractivity (Wildman–Crippen MR) is 68.7 cm³/mol. The van der Waals surface area contributed by atoms with E-state index in [0.29, 0.717) is 24.1 Å². The number of carbonyl (C=O) groups is 1. The molecule has 4 heteroatoms. The fourth-order valence-electron chi connectivity index (χ4n) is 2.68. The lowest BCUT2D eigenvalue weighted by Crippen LogP contribution is -2.41. The van der Waals surface area contributed by atoms with Crippen molar-refractivity contribution in [1.82, 2.24) is 4.90 Å². The molecule has 1 fully saturated rings. The number of rotatable bonds is 3. The van der Waals surface area contributed by atoms with E-state index in [-0.39, 0.29) is 5.76 Å². The van der Waals surface area contributed by atoms with Crippen molar-refractivity contribution in [2.45, 2.75) is 46.2 Å². The molecule has 0 saturated carbocycles. The molecule has 18 heavy (non-hydrogen) atoms. The highest BCUT2D eigenvalue weighted by atomic mass is 16.4. The van der Waals surface area contributed by atoms with E-state index in [2.05, 4.69) is 18.7 Å². The highest BCUT2D eigenvalue weighted by molar-refractivity contribution is 5.86. The number of carboxylic acids is 1. The Morgan fingerprint density at radius 3 is 2.89 bits per heavy atom. The van der Waals surface area contributed by atoms with Crippen LogP contribution in [-0.4, -0.2) is 28.6 Å². The zero-order valence-electron chi connectivity index (χ0n) is 11.3. The third kappa shape index (κ3) is 2.58. The SMILES string of the molecule is Cc1cc(CN2CCCC(C)C2C)oc1C(=O)O. The highest BCUT2D eigenvalue weighted by Crippen LogP contribution is 2.25. The van der Waals surface area contributed by atoms with E-state index in [1.54, 1.807) is 6.92 Å². The first-order valence-electron chi connectivity index (χ1n) is 6.55. The lowest BCUT2D eigenvalue weighted by molar-refractivity contribution is 0.0649. The summed E-state index contributed by atoms with van der Waals surface area (Å²) in [6.45, 7) is 8.05. The third-order valence-corrected chi connectivity index (χ3v) is 4.03.